The fraction of sp³-hybridized carbons (Fsp3) is 0.345. The molecule has 6 saturated heterocycles. The molecule has 6 aliphatic rings. The number of piperidine rings is 6. The molecule has 0 aromatic heterocycles. The van der Waals surface area contributed by atoms with E-state index in [4.69, 9.17) is 0 Å². The second kappa shape index (κ2) is 19.2. The number of halogens is 6. The summed E-state index contributed by atoms with van der Waals surface area (Å²) >= 11 is 0. The van der Waals surface area contributed by atoms with Gasteiger partial charge in [0.25, 0.3) is 0 Å². The van der Waals surface area contributed by atoms with Crippen molar-refractivity contribution in [3.8, 4) is 0 Å². The lowest BCUT2D eigenvalue weighted by Crippen LogP contribution is -3.00. The summed E-state index contributed by atoms with van der Waals surface area (Å²) in [4.78, 5) is 0. The summed E-state index contributed by atoms with van der Waals surface area (Å²) < 4.78 is 54.9. The largest absolute Gasteiger partial charge is 1.00 e. The van der Waals surface area contributed by atoms with Crippen LogP contribution in [0.3, 0.4) is 0 Å². The first-order valence-corrected chi connectivity index (χ1v) is 22.6. The Kier molecular flexibility index (Phi) is 14.4. The van der Waals surface area contributed by atoms with E-state index >= 15 is 0 Å². The van der Waals surface area contributed by atoms with Crippen LogP contribution in [0, 0.1) is 16.6 Å². The highest BCUT2D eigenvalue weighted by Gasteiger charge is 2.61. The van der Waals surface area contributed by atoms with Gasteiger partial charge in [-0.25, -0.2) is 4.39 Å². The van der Waals surface area contributed by atoms with Crippen LogP contribution in [0.25, 0.3) is 0 Å². The molecule has 12 rings (SSSR count). The van der Waals surface area contributed by atoms with Crippen molar-refractivity contribution in [1.29, 1.82) is 0 Å². The fourth-order valence-corrected chi connectivity index (χ4v) is 12.1. The highest BCUT2D eigenvalue weighted by atomic mass is 79.9. The van der Waals surface area contributed by atoms with Gasteiger partial charge in [-0.15, -0.1) is 0 Å². The Morgan fingerprint density at radius 3 is 1.03 bits per heavy atom. The number of nitrogens with zero attached hydrogens (tertiary/aromatic N) is 2. The van der Waals surface area contributed by atoms with Crippen LogP contribution in [0.1, 0.15) is 77.5 Å². The maximum atomic E-state index is 14.3. The van der Waals surface area contributed by atoms with E-state index in [1.807, 2.05) is 109 Å². The Morgan fingerprint density at radius 2 is 0.708 bits per heavy atom. The summed E-state index contributed by atoms with van der Waals surface area (Å²) in [5, 5.41) is 24.8. The van der Waals surface area contributed by atoms with Gasteiger partial charge in [-0.1, -0.05) is 152 Å². The van der Waals surface area contributed by atoms with E-state index in [2.05, 4.69) is 24.3 Å². The van der Waals surface area contributed by atoms with Gasteiger partial charge in [0.2, 0.25) is 0 Å². The van der Waals surface area contributed by atoms with E-state index in [1.54, 1.807) is 24.3 Å². The van der Waals surface area contributed by atoms with Gasteiger partial charge in [0.1, 0.15) is 30.1 Å². The van der Waals surface area contributed by atoms with Gasteiger partial charge in [0, 0.05) is 60.5 Å². The van der Waals surface area contributed by atoms with Crippen molar-refractivity contribution in [2.75, 3.05) is 39.3 Å². The van der Waals surface area contributed by atoms with E-state index in [1.165, 1.54) is 12.1 Å². The normalized spacial score (nSPS) is 24.8. The molecule has 4 nitrogen and oxygen atoms in total. The SMILES string of the molecule is OC(c1ccccc1)(c1ccccc1)C12CC[N+](Cc3ccc(C(F)(F)F)cc3)(CC1)CC2.OC(c1ccccc1)(c1ccccc1)C12CC[N+](Cc3ccccc3F)(CC1)CC2.[Br-].[Br-]. The van der Waals surface area contributed by atoms with Crippen molar-refractivity contribution < 1.29 is 70.7 Å². The van der Waals surface area contributed by atoms with E-state index in [9.17, 15) is 27.8 Å². The maximum absolute atomic E-state index is 14.3. The summed E-state index contributed by atoms with van der Waals surface area (Å²) in [5.74, 6) is -0.0995. The minimum Gasteiger partial charge on any atom is -1.00 e. The molecule has 6 aromatic carbocycles. The van der Waals surface area contributed by atoms with Crippen molar-refractivity contribution in [1.82, 2.24) is 0 Å². The van der Waals surface area contributed by atoms with Gasteiger partial charge in [-0.05, 0) is 40.5 Å². The zero-order valence-corrected chi connectivity index (χ0v) is 39.8. The molecule has 6 aromatic rings. The third-order valence-corrected chi connectivity index (χ3v) is 16.0. The summed E-state index contributed by atoms with van der Waals surface area (Å²) in [7, 11) is 0. The monoisotopic (exact) mass is 1010 g/mol. The molecular weight excluding hydrogens is 956 g/mol. The molecular formula is C55H58Br2F4N2O2. The van der Waals surface area contributed by atoms with Crippen LogP contribution in [0.5, 0.6) is 0 Å². The predicted molar refractivity (Wildman–Crippen MR) is 239 cm³/mol. The molecule has 2 N–H and O–H groups in total. The maximum Gasteiger partial charge on any atom is 0.416 e. The van der Waals surface area contributed by atoms with E-state index in [0.717, 1.165) is 133 Å². The molecule has 0 aliphatic carbocycles. The van der Waals surface area contributed by atoms with Crippen LogP contribution in [0.4, 0.5) is 17.6 Å². The van der Waals surface area contributed by atoms with Crippen molar-refractivity contribution in [2.24, 2.45) is 10.8 Å². The van der Waals surface area contributed by atoms with Crippen molar-refractivity contribution >= 4 is 0 Å². The van der Waals surface area contributed by atoms with Gasteiger partial charge < -0.3 is 53.1 Å². The van der Waals surface area contributed by atoms with Crippen molar-refractivity contribution in [3.63, 3.8) is 0 Å². The number of alkyl halides is 3. The van der Waals surface area contributed by atoms with Crippen LogP contribution in [0.15, 0.2) is 170 Å². The average Bonchev–Trinajstić information content (AvgIpc) is 3.34. The summed E-state index contributed by atoms with van der Waals surface area (Å²) in [5.41, 5.74) is 2.46. The Morgan fingerprint density at radius 1 is 0.400 bits per heavy atom. The van der Waals surface area contributed by atoms with E-state index < -0.39 is 22.9 Å². The quantitative estimate of drug-likeness (QED) is 0.143. The van der Waals surface area contributed by atoms with Gasteiger partial charge in [-0.3, -0.25) is 0 Å². The van der Waals surface area contributed by atoms with Crippen LogP contribution in [0.2, 0.25) is 0 Å². The first kappa shape index (κ1) is 48.8. The molecule has 6 aliphatic heterocycles. The number of quaternary nitrogens is 2. The molecule has 0 spiro atoms. The summed E-state index contributed by atoms with van der Waals surface area (Å²) in [6.07, 6.45) is 1.18. The molecule has 65 heavy (non-hydrogen) atoms. The minimum atomic E-state index is -4.31. The zero-order valence-electron chi connectivity index (χ0n) is 36.6. The minimum absolute atomic E-state index is 0. The molecule has 0 unspecified atom stereocenters. The molecule has 6 heterocycles. The van der Waals surface area contributed by atoms with Gasteiger partial charge in [-0.2, -0.15) is 13.2 Å². The topological polar surface area (TPSA) is 40.5 Å². The molecule has 4 bridgehead atoms. The molecule has 342 valence electrons. The van der Waals surface area contributed by atoms with Gasteiger partial charge >= 0.3 is 6.18 Å². The number of hydrogen-bond acceptors (Lipinski definition) is 2. The summed E-state index contributed by atoms with van der Waals surface area (Å²) in [6.45, 7) is 7.19. The Bertz CT molecular complexity index is 2340. The molecule has 6 fully saturated rings. The second-order valence-electron chi connectivity index (χ2n) is 19.1. The number of rotatable bonds is 10. The molecule has 0 amide bonds. The fourth-order valence-electron chi connectivity index (χ4n) is 12.1. The number of fused-ring (bicyclic) bond motifs is 6. The third kappa shape index (κ3) is 9.04. The zero-order chi connectivity index (χ0) is 43.8. The number of hydrogen-bond donors (Lipinski definition) is 2. The lowest BCUT2D eigenvalue weighted by atomic mass is 9.56. The van der Waals surface area contributed by atoms with Crippen molar-refractivity contribution in [3.05, 3.63) is 215 Å². The molecule has 0 saturated carbocycles. The number of benzene rings is 6. The van der Waals surface area contributed by atoms with Crippen LogP contribution in [-0.4, -0.2) is 58.4 Å². The predicted octanol–water partition coefficient (Wildman–Crippen LogP) is 5.41. The molecule has 0 atom stereocenters. The Labute approximate surface area is 402 Å². The van der Waals surface area contributed by atoms with E-state index in [0.29, 0.717) is 0 Å². The van der Waals surface area contributed by atoms with Crippen LogP contribution in [-0.2, 0) is 30.5 Å². The van der Waals surface area contributed by atoms with E-state index in [-0.39, 0.29) is 50.6 Å². The lowest BCUT2D eigenvalue weighted by Gasteiger charge is -2.60. The van der Waals surface area contributed by atoms with Crippen LogP contribution < -0.4 is 34.0 Å². The Hall–Kier alpha value is -4.16. The first-order valence-electron chi connectivity index (χ1n) is 22.6. The second-order valence-corrected chi connectivity index (χ2v) is 19.1. The third-order valence-electron chi connectivity index (χ3n) is 16.0. The number of aliphatic hydroxyl groups is 2. The van der Waals surface area contributed by atoms with Gasteiger partial charge in [0.05, 0.1) is 44.8 Å². The highest BCUT2D eigenvalue weighted by Crippen LogP contribution is 2.59. The van der Waals surface area contributed by atoms with Gasteiger partial charge in [0.15, 0.2) is 0 Å². The smallest absolute Gasteiger partial charge is 0.416 e. The first-order chi connectivity index (χ1) is 30.3. The lowest BCUT2D eigenvalue weighted by molar-refractivity contribution is -0.958. The van der Waals surface area contributed by atoms with Crippen molar-refractivity contribution in [2.45, 2.75) is 69.0 Å². The van der Waals surface area contributed by atoms with Crippen LogP contribution >= 0.6 is 0 Å². The molecule has 10 heteroatoms. The standard InChI is InChI=1S/C28H29F3NO.C27H29FNO.2BrH/c29-28(30,31)25-13-11-22(12-14-25)21-32-18-15-26(16-19-32,17-20-32)27(33,23-7-3-1-4-8-23)24-9-5-2-6-10-24;28-25-14-8-7-9-22(25)21-29-18-15-26(16-19-29,17-20-29)27(30,23-10-3-1-4-11-23)24-12-5-2-6-13-24;;/h1-14,33H,15-21H2;1-14,30H,15-21H2;2*1H/q2*+1;;/p-2. The molecule has 0 radical (unpaired) electrons. The average molecular weight is 1010 g/mol. The Balaban J connectivity index is 0.000000189. The highest BCUT2D eigenvalue weighted by molar-refractivity contribution is 5.41. The summed E-state index contributed by atoms with van der Waals surface area (Å²) in [6, 6.07) is 53.1.